The van der Waals surface area contributed by atoms with Gasteiger partial charge >= 0.3 is 11.9 Å². The van der Waals surface area contributed by atoms with Gasteiger partial charge in [0, 0.05) is 19.3 Å². The number of hydrogen-bond acceptors (Lipinski definition) is 7. The largest absolute Gasteiger partial charge is 0.544 e. The van der Waals surface area contributed by atoms with Gasteiger partial charge in [-0.25, -0.2) is 0 Å². The molecule has 0 aliphatic carbocycles. The molecule has 0 amide bonds. The topological polar surface area (TPSA) is 102 Å². The molecule has 0 saturated carbocycles. The molecule has 0 radical (unpaired) electrons. The summed E-state index contributed by atoms with van der Waals surface area (Å²) in [5.41, 5.74) is 0. The molecule has 46 heavy (non-hydrogen) atoms. The van der Waals surface area contributed by atoms with E-state index in [1.807, 2.05) is 12.2 Å². The Bertz CT molecular complexity index is 860. The van der Waals surface area contributed by atoms with E-state index in [4.69, 9.17) is 14.2 Å². The van der Waals surface area contributed by atoms with E-state index in [0.717, 1.165) is 32.1 Å². The van der Waals surface area contributed by atoms with E-state index >= 15 is 0 Å². The van der Waals surface area contributed by atoms with Gasteiger partial charge in [-0.1, -0.05) is 102 Å². The Morgan fingerprint density at radius 1 is 0.674 bits per heavy atom. The van der Waals surface area contributed by atoms with Crippen LogP contribution in [0.5, 0.6) is 0 Å². The summed E-state index contributed by atoms with van der Waals surface area (Å²) >= 11 is 0. The van der Waals surface area contributed by atoms with E-state index < -0.39 is 24.1 Å². The number of aliphatic carboxylic acids is 1. The molecule has 2 unspecified atom stereocenters. The second-order valence-electron chi connectivity index (χ2n) is 13.1. The Balaban J connectivity index is 4.39. The molecule has 0 N–H and O–H groups in total. The van der Waals surface area contributed by atoms with Crippen molar-refractivity contribution in [3.8, 4) is 0 Å². The molecular formula is C38H67NO7. The van der Waals surface area contributed by atoms with Crippen molar-refractivity contribution in [1.82, 2.24) is 0 Å². The zero-order chi connectivity index (χ0) is 34.3. The fraction of sp³-hybridized carbons (Fsp3) is 0.763. The second kappa shape index (κ2) is 29.9. The van der Waals surface area contributed by atoms with Gasteiger partial charge in [0.05, 0.1) is 40.3 Å². The summed E-state index contributed by atoms with van der Waals surface area (Å²) in [5.74, 6) is -1.84. The van der Waals surface area contributed by atoms with Crippen LogP contribution in [0.1, 0.15) is 136 Å². The van der Waals surface area contributed by atoms with E-state index in [0.29, 0.717) is 12.8 Å². The van der Waals surface area contributed by atoms with Crippen LogP contribution in [-0.4, -0.2) is 75.5 Å². The molecule has 8 heteroatoms. The molecule has 0 aliphatic rings. The number of ether oxygens (including phenoxy) is 3. The van der Waals surface area contributed by atoms with Crippen LogP contribution in [0, 0.1) is 0 Å². The number of allylic oxidation sites excluding steroid dienone is 6. The molecule has 0 aromatic rings. The minimum absolute atomic E-state index is 0.0162. The maximum Gasteiger partial charge on any atom is 0.306 e. The molecular weight excluding hydrogens is 582 g/mol. The van der Waals surface area contributed by atoms with Gasteiger partial charge in [-0.2, -0.15) is 0 Å². The molecule has 2 atom stereocenters. The third-order valence-electron chi connectivity index (χ3n) is 7.77. The highest BCUT2D eigenvalue weighted by Crippen LogP contribution is 2.12. The predicted octanol–water partition coefficient (Wildman–Crippen LogP) is 7.40. The average molecular weight is 650 g/mol. The first kappa shape index (κ1) is 43.5. The number of nitrogens with zero attached hydrogens (tertiary/aromatic N) is 1. The summed E-state index contributed by atoms with van der Waals surface area (Å²) in [5, 5.41) is 11.5. The number of carbonyl (C=O) groups is 3. The van der Waals surface area contributed by atoms with Crippen molar-refractivity contribution >= 4 is 17.9 Å². The third-order valence-corrected chi connectivity index (χ3v) is 7.77. The van der Waals surface area contributed by atoms with Gasteiger partial charge in [-0.05, 0) is 51.4 Å². The molecule has 0 spiro atoms. The van der Waals surface area contributed by atoms with Gasteiger partial charge in [-0.15, -0.1) is 0 Å². The fourth-order valence-electron chi connectivity index (χ4n) is 4.95. The Kier molecular flexibility index (Phi) is 28.3. The summed E-state index contributed by atoms with van der Waals surface area (Å²) in [4.78, 5) is 36.4. The average Bonchev–Trinajstić information content (AvgIpc) is 3.00. The van der Waals surface area contributed by atoms with Gasteiger partial charge < -0.3 is 28.6 Å². The number of carboxylic acids is 1. The van der Waals surface area contributed by atoms with Crippen LogP contribution in [0.2, 0.25) is 0 Å². The van der Waals surface area contributed by atoms with E-state index in [1.165, 1.54) is 64.2 Å². The Labute approximate surface area is 281 Å². The number of unbranched alkanes of at least 4 members (excludes halogenated alkanes) is 11. The zero-order valence-electron chi connectivity index (χ0n) is 30.0. The minimum Gasteiger partial charge on any atom is -0.544 e. The Morgan fingerprint density at radius 2 is 1.26 bits per heavy atom. The van der Waals surface area contributed by atoms with Crippen LogP contribution < -0.4 is 5.11 Å². The lowest BCUT2D eigenvalue weighted by Gasteiger charge is -2.34. The first-order valence-electron chi connectivity index (χ1n) is 18.0. The monoisotopic (exact) mass is 649 g/mol. The maximum absolute atomic E-state index is 12.5. The molecule has 0 aliphatic heterocycles. The first-order valence-corrected chi connectivity index (χ1v) is 18.0. The van der Waals surface area contributed by atoms with Crippen molar-refractivity contribution in [2.75, 3.05) is 41.0 Å². The molecule has 0 saturated heterocycles. The molecule has 0 rings (SSSR count). The van der Waals surface area contributed by atoms with Crippen LogP contribution in [0.4, 0.5) is 0 Å². The van der Waals surface area contributed by atoms with Crippen molar-refractivity contribution in [2.45, 2.75) is 148 Å². The number of rotatable bonds is 31. The molecule has 0 bridgehead atoms. The number of hydrogen-bond donors (Lipinski definition) is 0. The highest BCUT2D eigenvalue weighted by Gasteiger charge is 2.25. The number of likely N-dealkylation sites (N-methyl/N-ethyl adjacent to an activating group) is 1. The van der Waals surface area contributed by atoms with Gasteiger partial charge in [0.15, 0.2) is 6.10 Å². The quantitative estimate of drug-likeness (QED) is 0.0334. The normalized spacial score (nSPS) is 13.5. The van der Waals surface area contributed by atoms with Crippen molar-refractivity contribution in [3.05, 3.63) is 36.5 Å². The molecule has 8 nitrogen and oxygen atoms in total. The summed E-state index contributed by atoms with van der Waals surface area (Å²) in [7, 11) is 5.36. The summed E-state index contributed by atoms with van der Waals surface area (Å²) in [6.45, 7) is 4.40. The minimum atomic E-state index is -1.14. The van der Waals surface area contributed by atoms with Crippen molar-refractivity contribution in [1.29, 1.82) is 0 Å². The third kappa shape index (κ3) is 27.8. The van der Waals surface area contributed by atoms with Gasteiger partial charge in [0.2, 0.25) is 0 Å². The maximum atomic E-state index is 12.5. The Morgan fingerprint density at radius 3 is 1.87 bits per heavy atom. The van der Waals surface area contributed by atoms with Crippen LogP contribution in [-0.2, 0) is 28.6 Å². The summed E-state index contributed by atoms with van der Waals surface area (Å²) in [6.07, 6.45) is 30.7. The first-order chi connectivity index (χ1) is 22.1. The van der Waals surface area contributed by atoms with Crippen LogP contribution in [0.3, 0.4) is 0 Å². The smallest absolute Gasteiger partial charge is 0.306 e. The predicted molar refractivity (Wildman–Crippen MR) is 185 cm³/mol. The van der Waals surface area contributed by atoms with Gasteiger partial charge in [0.25, 0.3) is 0 Å². The second-order valence-corrected chi connectivity index (χ2v) is 13.1. The van der Waals surface area contributed by atoms with Crippen LogP contribution in [0.25, 0.3) is 0 Å². The van der Waals surface area contributed by atoms with Gasteiger partial charge in [-0.3, -0.25) is 9.59 Å². The Hall–Kier alpha value is -2.45. The lowest BCUT2D eigenvalue weighted by Crippen LogP contribution is -2.55. The molecule has 0 fully saturated rings. The molecule has 266 valence electrons. The summed E-state index contributed by atoms with van der Waals surface area (Å²) < 4.78 is 16.9. The van der Waals surface area contributed by atoms with Gasteiger partial charge in [0.1, 0.15) is 12.6 Å². The highest BCUT2D eigenvalue weighted by molar-refractivity contribution is 5.70. The number of carboxylic acid groups (broad SMARTS) is 1. The number of quaternary nitrogens is 1. The van der Waals surface area contributed by atoms with Crippen LogP contribution in [0.15, 0.2) is 36.5 Å². The van der Waals surface area contributed by atoms with E-state index in [9.17, 15) is 19.5 Å². The van der Waals surface area contributed by atoms with Crippen molar-refractivity contribution in [2.24, 2.45) is 0 Å². The SMILES string of the molecule is CC/C=C/C/C=C/CCC(=O)OC(COCCC(C(=O)[O-])[N+](C)(C)C)COC(=O)CCCCCCCCC/C=C/CCCCCC. The standard InChI is InChI=1S/C38H67NO7/c1-6-8-10-12-14-15-16-17-18-19-20-21-23-24-26-28-36(40)45-33-34(32-44-31-30-35(38(42)43)39(3,4)5)46-37(41)29-27-25-22-13-11-9-7-2/h9,11,15-16,22,25,34-35H,6-8,10,12-14,17-21,23-24,26-33H2,1-5H3/b11-9+,16-15+,25-22+. The van der Waals surface area contributed by atoms with Crippen molar-refractivity contribution in [3.63, 3.8) is 0 Å². The van der Waals surface area contributed by atoms with E-state index in [1.54, 1.807) is 21.1 Å². The zero-order valence-corrected chi connectivity index (χ0v) is 30.0. The molecule has 0 aromatic carbocycles. The number of esters is 2. The van der Waals surface area contributed by atoms with Crippen molar-refractivity contribution < 1.29 is 38.2 Å². The highest BCUT2D eigenvalue weighted by atomic mass is 16.6. The summed E-state index contributed by atoms with van der Waals surface area (Å²) in [6, 6.07) is -0.732. The van der Waals surface area contributed by atoms with Crippen LogP contribution >= 0.6 is 0 Å². The fourth-order valence-corrected chi connectivity index (χ4v) is 4.95. The molecule has 0 aromatic heterocycles. The lowest BCUT2D eigenvalue weighted by atomic mass is 10.1. The van der Waals surface area contributed by atoms with E-state index in [-0.39, 0.29) is 43.1 Å². The lowest BCUT2D eigenvalue weighted by molar-refractivity contribution is -0.889. The number of carbonyl (C=O) groups excluding carboxylic acids is 3. The van der Waals surface area contributed by atoms with E-state index in [2.05, 4.69) is 38.2 Å². The molecule has 0 heterocycles.